The molecule has 0 spiro atoms. The Bertz CT molecular complexity index is 321. The average molecular weight is 186 g/mol. The van der Waals surface area contributed by atoms with Crippen LogP contribution in [0.4, 0.5) is 0 Å². The van der Waals surface area contributed by atoms with E-state index in [0.717, 1.165) is 26.1 Å². The summed E-state index contributed by atoms with van der Waals surface area (Å²) in [7, 11) is 0. The molecule has 2 nitrogen and oxygen atoms in total. The summed E-state index contributed by atoms with van der Waals surface area (Å²) in [5, 5.41) is 8.50. The normalized spacial score (nSPS) is 17.1. The highest BCUT2D eigenvalue weighted by Gasteiger charge is 2.16. The van der Waals surface area contributed by atoms with E-state index >= 15 is 0 Å². The smallest absolute Gasteiger partial charge is 0.0635 e. The van der Waals surface area contributed by atoms with Gasteiger partial charge in [0.05, 0.1) is 6.07 Å². The Balaban J connectivity index is 2.66. The number of nitrogens with zero attached hydrogens (tertiary/aromatic N) is 2. The van der Waals surface area contributed by atoms with Crippen molar-refractivity contribution < 1.29 is 0 Å². The maximum atomic E-state index is 8.50. The van der Waals surface area contributed by atoms with Gasteiger partial charge in [-0.1, -0.05) is 13.2 Å². The topological polar surface area (TPSA) is 27.0 Å². The van der Waals surface area contributed by atoms with Crippen LogP contribution < -0.4 is 0 Å². The molecule has 0 aromatic rings. The van der Waals surface area contributed by atoms with Crippen LogP contribution in [0.15, 0.2) is 35.8 Å². The van der Waals surface area contributed by atoms with Crippen molar-refractivity contribution in [2.75, 3.05) is 19.6 Å². The lowest BCUT2D eigenvalue weighted by Crippen LogP contribution is -2.33. The fraction of sp³-hybridized carbons (Fsp3) is 0.417. The molecule has 0 aromatic heterocycles. The molecule has 0 atom stereocenters. The Morgan fingerprint density at radius 3 is 2.21 bits per heavy atom. The zero-order valence-corrected chi connectivity index (χ0v) is 8.34. The Hall–Kier alpha value is -1.51. The number of hydrogen-bond acceptors (Lipinski definition) is 2. The first kappa shape index (κ1) is 10.6. The summed E-state index contributed by atoms with van der Waals surface area (Å²) < 4.78 is 0. The van der Waals surface area contributed by atoms with Crippen molar-refractivity contribution in [3.8, 4) is 6.07 Å². The Labute approximate surface area is 85.1 Å². The van der Waals surface area contributed by atoms with Crippen LogP contribution in [-0.4, -0.2) is 24.5 Å². The summed E-state index contributed by atoms with van der Waals surface area (Å²) in [6, 6.07) is 2.15. The van der Waals surface area contributed by atoms with Crippen LogP contribution in [0.5, 0.6) is 0 Å². The van der Waals surface area contributed by atoms with Crippen molar-refractivity contribution in [2.45, 2.75) is 12.8 Å². The second-order valence-electron chi connectivity index (χ2n) is 3.36. The van der Waals surface area contributed by atoms with Crippen LogP contribution in [0.25, 0.3) is 0 Å². The first-order chi connectivity index (χ1) is 6.80. The Morgan fingerprint density at radius 2 is 1.79 bits per heavy atom. The SMILES string of the molecule is C=C=C1CC(=C=C)CN(CCC#N)C1. The van der Waals surface area contributed by atoms with Gasteiger partial charge < -0.3 is 0 Å². The third kappa shape index (κ3) is 2.76. The van der Waals surface area contributed by atoms with E-state index in [9.17, 15) is 0 Å². The van der Waals surface area contributed by atoms with Crippen molar-refractivity contribution in [1.29, 1.82) is 5.26 Å². The molecule has 72 valence electrons. The molecule has 2 heteroatoms. The Morgan fingerprint density at radius 1 is 1.21 bits per heavy atom. The van der Waals surface area contributed by atoms with Crippen molar-refractivity contribution in [2.24, 2.45) is 0 Å². The molecule has 1 heterocycles. The summed E-state index contributed by atoms with van der Waals surface area (Å²) >= 11 is 0. The highest BCUT2D eigenvalue weighted by atomic mass is 15.1. The van der Waals surface area contributed by atoms with E-state index in [2.05, 4.69) is 35.6 Å². The number of likely N-dealkylation sites (tertiary alicyclic amines) is 1. The van der Waals surface area contributed by atoms with E-state index < -0.39 is 0 Å². The molecule has 1 fully saturated rings. The number of hydrogen-bond donors (Lipinski definition) is 0. The van der Waals surface area contributed by atoms with Gasteiger partial charge in [0.25, 0.3) is 0 Å². The fourth-order valence-corrected chi connectivity index (χ4v) is 1.57. The van der Waals surface area contributed by atoms with Gasteiger partial charge in [-0.3, -0.25) is 4.90 Å². The molecular formula is C12H14N2. The molecule has 0 N–H and O–H groups in total. The molecule has 0 aliphatic carbocycles. The molecule has 1 aliphatic heterocycles. The lowest BCUT2D eigenvalue weighted by Gasteiger charge is -2.27. The van der Waals surface area contributed by atoms with Gasteiger partial charge in [0, 0.05) is 32.5 Å². The van der Waals surface area contributed by atoms with Crippen LogP contribution in [0.1, 0.15) is 12.8 Å². The van der Waals surface area contributed by atoms with Crippen LogP contribution in [0.2, 0.25) is 0 Å². The van der Waals surface area contributed by atoms with Crippen molar-refractivity contribution in [3.63, 3.8) is 0 Å². The zero-order valence-electron chi connectivity index (χ0n) is 8.34. The number of nitriles is 1. The molecule has 0 bridgehead atoms. The standard InChI is InChI=1S/C12H14N2/c1-3-11-8-12(4-2)10-14(9-11)7-5-6-13/h1-2,5,7-10H2. The quantitative estimate of drug-likeness (QED) is 0.617. The van der Waals surface area contributed by atoms with E-state index in [0.29, 0.717) is 6.42 Å². The minimum absolute atomic E-state index is 0.564. The number of rotatable bonds is 2. The first-order valence-electron chi connectivity index (χ1n) is 4.65. The molecule has 1 aliphatic rings. The third-order valence-electron chi connectivity index (χ3n) is 2.30. The third-order valence-corrected chi connectivity index (χ3v) is 2.30. The van der Waals surface area contributed by atoms with Crippen LogP contribution in [0, 0.1) is 11.3 Å². The van der Waals surface area contributed by atoms with Crippen LogP contribution in [0.3, 0.4) is 0 Å². The van der Waals surface area contributed by atoms with Crippen LogP contribution >= 0.6 is 0 Å². The average Bonchev–Trinajstić information content (AvgIpc) is 2.25. The molecule has 14 heavy (non-hydrogen) atoms. The van der Waals surface area contributed by atoms with Crippen molar-refractivity contribution in [3.05, 3.63) is 35.8 Å². The van der Waals surface area contributed by atoms with Crippen LogP contribution in [-0.2, 0) is 0 Å². The lowest BCUT2D eigenvalue weighted by atomic mass is 10.0. The van der Waals surface area contributed by atoms with Gasteiger partial charge in [0.2, 0.25) is 0 Å². The molecule has 0 unspecified atom stereocenters. The fourth-order valence-electron chi connectivity index (χ4n) is 1.57. The van der Waals surface area contributed by atoms with Gasteiger partial charge >= 0.3 is 0 Å². The van der Waals surface area contributed by atoms with Gasteiger partial charge in [-0.25, -0.2) is 0 Å². The Kier molecular flexibility index (Phi) is 3.98. The van der Waals surface area contributed by atoms with E-state index in [-0.39, 0.29) is 0 Å². The lowest BCUT2D eigenvalue weighted by molar-refractivity contribution is 0.308. The first-order valence-corrected chi connectivity index (χ1v) is 4.65. The maximum Gasteiger partial charge on any atom is 0.0635 e. The van der Waals surface area contributed by atoms with E-state index in [4.69, 9.17) is 5.26 Å². The monoisotopic (exact) mass is 186 g/mol. The van der Waals surface area contributed by atoms with Gasteiger partial charge in [0.15, 0.2) is 0 Å². The molecule has 0 aromatic carbocycles. The second-order valence-corrected chi connectivity index (χ2v) is 3.36. The van der Waals surface area contributed by atoms with Gasteiger partial charge in [0.1, 0.15) is 0 Å². The highest BCUT2D eigenvalue weighted by molar-refractivity contribution is 5.20. The predicted octanol–water partition coefficient (Wildman–Crippen LogP) is 2.03. The summed E-state index contributed by atoms with van der Waals surface area (Å²) in [6.07, 6.45) is 1.45. The van der Waals surface area contributed by atoms with E-state index in [1.54, 1.807) is 0 Å². The highest BCUT2D eigenvalue weighted by Crippen LogP contribution is 2.18. The summed E-state index contributed by atoms with van der Waals surface area (Å²) in [5.74, 6) is 0. The molecule has 1 rings (SSSR count). The molecule has 0 radical (unpaired) electrons. The van der Waals surface area contributed by atoms with E-state index in [1.165, 1.54) is 11.1 Å². The van der Waals surface area contributed by atoms with Gasteiger partial charge in [-0.05, 0) is 11.1 Å². The van der Waals surface area contributed by atoms with Gasteiger partial charge in [-0.15, -0.1) is 11.5 Å². The summed E-state index contributed by atoms with van der Waals surface area (Å²) in [4.78, 5) is 2.20. The van der Waals surface area contributed by atoms with Crippen molar-refractivity contribution >= 4 is 0 Å². The molecule has 0 amide bonds. The largest absolute Gasteiger partial charge is 0.293 e. The summed E-state index contributed by atoms with van der Waals surface area (Å²) in [6.45, 7) is 9.85. The van der Waals surface area contributed by atoms with E-state index in [1.807, 2.05) is 0 Å². The minimum Gasteiger partial charge on any atom is -0.293 e. The molecular weight excluding hydrogens is 172 g/mol. The molecule has 1 saturated heterocycles. The van der Waals surface area contributed by atoms with Crippen molar-refractivity contribution in [1.82, 2.24) is 4.90 Å². The minimum atomic E-state index is 0.564. The predicted molar refractivity (Wildman–Crippen MR) is 56.6 cm³/mol. The second kappa shape index (κ2) is 5.27. The summed E-state index contributed by atoms with van der Waals surface area (Å²) in [5.41, 5.74) is 8.19. The zero-order chi connectivity index (χ0) is 10.4. The van der Waals surface area contributed by atoms with Gasteiger partial charge in [-0.2, -0.15) is 5.26 Å². The molecule has 0 saturated carbocycles. The number of piperidine rings is 1. The maximum absolute atomic E-state index is 8.50.